The van der Waals surface area contributed by atoms with Crippen LogP contribution in [-0.4, -0.2) is 18.4 Å². The van der Waals surface area contributed by atoms with Crippen LogP contribution in [-0.2, 0) is 22.6 Å². The molecule has 0 aliphatic carbocycles. The third-order valence-electron chi connectivity index (χ3n) is 4.33. The summed E-state index contributed by atoms with van der Waals surface area (Å²) in [6.07, 6.45) is 0.749. The molecule has 0 bridgehead atoms. The standard InChI is InChI=1S/C24H24N2O3/c1-18(27)26-22-13-11-20(12-14-22)16-25-24(28)17-29-23-10-6-5-9-21(23)15-19-7-3-2-4-8-19/h2-14H,15-17H2,1H3,(H,25,28)(H,26,27). The van der Waals surface area contributed by atoms with Gasteiger partial charge in [-0.3, -0.25) is 9.59 Å². The zero-order chi connectivity index (χ0) is 20.5. The van der Waals surface area contributed by atoms with Crippen molar-refractivity contribution in [3.8, 4) is 5.75 Å². The van der Waals surface area contributed by atoms with E-state index < -0.39 is 0 Å². The molecule has 0 saturated carbocycles. The second-order valence-electron chi connectivity index (χ2n) is 6.71. The Hall–Kier alpha value is -3.60. The Morgan fingerprint density at radius 2 is 1.52 bits per heavy atom. The summed E-state index contributed by atoms with van der Waals surface area (Å²) < 4.78 is 5.76. The third-order valence-corrected chi connectivity index (χ3v) is 4.33. The molecule has 0 saturated heterocycles. The van der Waals surface area contributed by atoms with Gasteiger partial charge >= 0.3 is 0 Å². The first-order chi connectivity index (χ1) is 14.1. The van der Waals surface area contributed by atoms with Gasteiger partial charge in [0.2, 0.25) is 5.91 Å². The molecule has 3 aromatic carbocycles. The lowest BCUT2D eigenvalue weighted by atomic mass is 10.0. The molecule has 3 rings (SSSR count). The minimum Gasteiger partial charge on any atom is -0.483 e. The second-order valence-corrected chi connectivity index (χ2v) is 6.71. The van der Waals surface area contributed by atoms with Crippen molar-refractivity contribution in [1.82, 2.24) is 5.32 Å². The average Bonchev–Trinajstić information content (AvgIpc) is 2.73. The van der Waals surface area contributed by atoms with Crippen molar-refractivity contribution in [2.24, 2.45) is 0 Å². The summed E-state index contributed by atoms with van der Waals surface area (Å²) in [5, 5.41) is 5.56. The molecule has 5 nitrogen and oxygen atoms in total. The fourth-order valence-electron chi connectivity index (χ4n) is 2.91. The molecule has 5 heteroatoms. The van der Waals surface area contributed by atoms with Gasteiger partial charge < -0.3 is 15.4 Å². The molecule has 29 heavy (non-hydrogen) atoms. The fourth-order valence-corrected chi connectivity index (χ4v) is 2.91. The molecule has 0 heterocycles. The van der Waals surface area contributed by atoms with E-state index in [1.54, 1.807) is 12.1 Å². The highest BCUT2D eigenvalue weighted by Gasteiger charge is 2.08. The van der Waals surface area contributed by atoms with Gasteiger partial charge in [-0.25, -0.2) is 0 Å². The SMILES string of the molecule is CC(=O)Nc1ccc(CNC(=O)COc2ccccc2Cc2ccccc2)cc1. The number of hydrogen-bond donors (Lipinski definition) is 2. The monoisotopic (exact) mass is 388 g/mol. The Labute approximate surface area is 170 Å². The Morgan fingerprint density at radius 1 is 0.828 bits per heavy atom. The number of carbonyl (C=O) groups is 2. The molecule has 2 N–H and O–H groups in total. The van der Waals surface area contributed by atoms with E-state index in [-0.39, 0.29) is 18.4 Å². The van der Waals surface area contributed by atoms with Crippen molar-refractivity contribution in [2.45, 2.75) is 19.9 Å². The lowest BCUT2D eigenvalue weighted by Crippen LogP contribution is -2.28. The van der Waals surface area contributed by atoms with Gasteiger partial charge in [0.1, 0.15) is 5.75 Å². The van der Waals surface area contributed by atoms with Crippen LogP contribution in [0.3, 0.4) is 0 Å². The summed E-state index contributed by atoms with van der Waals surface area (Å²) in [6, 6.07) is 25.2. The van der Waals surface area contributed by atoms with Gasteiger partial charge in [-0.2, -0.15) is 0 Å². The number of nitrogens with one attached hydrogen (secondary N) is 2. The predicted molar refractivity (Wildman–Crippen MR) is 114 cm³/mol. The van der Waals surface area contributed by atoms with Crippen LogP contribution in [0.5, 0.6) is 5.75 Å². The number of carbonyl (C=O) groups excluding carboxylic acids is 2. The molecular formula is C24H24N2O3. The summed E-state index contributed by atoms with van der Waals surface area (Å²) in [6.45, 7) is 1.82. The molecule has 0 aliphatic heterocycles. The van der Waals surface area contributed by atoms with Crippen LogP contribution in [0.15, 0.2) is 78.9 Å². The van der Waals surface area contributed by atoms with Crippen LogP contribution < -0.4 is 15.4 Å². The maximum atomic E-state index is 12.2. The van der Waals surface area contributed by atoms with Gasteiger partial charge in [0.05, 0.1) is 0 Å². The van der Waals surface area contributed by atoms with Gasteiger partial charge in [-0.05, 0) is 34.9 Å². The van der Waals surface area contributed by atoms with E-state index in [0.29, 0.717) is 12.3 Å². The number of para-hydroxylation sites is 1. The number of rotatable bonds is 8. The predicted octanol–water partition coefficient (Wildman–Crippen LogP) is 3.93. The highest BCUT2D eigenvalue weighted by atomic mass is 16.5. The maximum Gasteiger partial charge on any atom is 0.258 e. The molecule has 0 spiro atoms. The van der Waals surface area contributed by atoms with Crippen molar-refractivity contribution in [2.75, 3.05) is 11.9 Å². The summed E-state index contributed by atoms with van der Waals surface area (Å²) in [4.78, 5) is 23.2. The Kier molecular flexibility index (Phi) is 7.00. The molecular weight excluding hydrogens is 364 g/mol. The molecule has 0 aliphatic rings. The zero-order valence-electron chi connectivity index (χ0n) is 16.4. The average molecular weight is 388 g/mol. The third kappa shape index (κ3) is 6.50. The van der Waals surface area contributed by atoms with E-state index in [4.69, 9.17) is 4.74 Å². The summed E-state index contributed by atoms with van der Waals surface area (Å²) in [5.41, 5.74) is 3.90. The van der Waals surface area contributed by atoms with E-state index in [1.165, 1.54) is 12.5 Å². The summed E-state index contributed by atoms with van der Waals surface area (Å²) in [7, 11) is 0. The first-order valence-corrected chi connectivity index (χ1v) is 9.48. The smallest absolute Gasteiger partial charge is 0.258 e. The molecule has 0 fully saturated rings. The van der Waals surface area contributed by atoms with Gasteiger partial charge in [-0.1, -0.05) is 60.7 Å². The molecule has 2 amide bonds. The van der Waals surface area contributed by atoms with E-state index in [9.17, 15) is 9.59 Å². The number of benzene rings is 3. The number of amides is 2. The van der Waals surface area contributed by atoms with E-state index in [2.05, 4.69) is 22.8 Å². The number of ether oxygens (including phenoxy) is 1. The van der Waals surface area contributed by atoms with Crippen LogP contribution in [0, 0.1) is 0 Å². The van der Waals surface area contributed by atoms with Crippen LogP contribution in [0.1, 0.15) is 23.6 Å². The number of hydrogen-bond acceptors (Lipinski definition) is 3. The Bertz CT molecular complexity index is 953. The van der Waals surface area contributed by atoms with Gasteiger partial charge in [0, 0.05) is 25.6 Å². The largest absolute Gasteiger partial charge is 0.483 e. The van der Waals surface area contributed by atoms with E-state index >= 15 is 0 Å². The summed E-state index contributed by atoms with van der Waals surface area (Å²) >= 11 is 0. The van der Waals surface area contributed by atoms with Crippen molar-refractivity contribution in [1.29, 1.82) is 0 Å². The lowest BCUT2D eigenvalue weighted by molar-refractivity contribution is -0.123. The van der Waals surface area contributed by atoms with Crippen LogP contribution in [0.2, 0.25) is 0 Å². The minimum atomic E-state index is -0.189. The Balaban J connectivity index is 1.50. The Morgan fingerprint density at radius 3 is 2.24 bits per heavy atom. The first-order valence-electron chi connectivity index (χ1n) is 9.48. The molecule has 148 valence electrons. The molecule has 0 unspecified atom stereocenters. The maximum absolute atomic E-state index is 12.2. The topological polar surface area (TPSA) is 67.4 Å². The van der Waals surface area contributed by atoms with Crippen molar-refractivity contribution in [3.05, 3.63) is 95.6 Å². The zero-order valence-corrected chi connectivity index (χ0v) is 16.4. The molecule has 0 radical (unpaired) electrons. The molecule has 3 aromatic rings. The highest BCUT2D eigenvalue weighted by Crippen LogP contribution is 2.21. The summed E-state index contributed by atoms with van der Waals surface area (Å²) in [5.74, 6) is 0.410. The minimum absolute atomic E-state index is 0.0459. The van der Waals surface area contributed by atoms with Crippen LogP contribution in [0.4, 0.5) is 5.69 Å². The molecule has 0 atom stereocenters. The fraction of sp³-hybridized carbons (Fsp3) is 0.167. The van der Waals surface area contributed by atoms with Crippen LogP contribution in [0.25, 0.3) is 0 Å². The van der Waals surface area contributed by atoms with Gasteiger partial charge in [-0.15, -0.1) is 0 Å². The lowest BCUT2D eigenvalue weighted by Gasteiger charge is -2.12. The quantitative estimate of drug-likeness (QED) is 0.614. The van der Waals surface area contributed by atoms with Crippen molar-refractivity contribution >= 4 is 17.5 Å². The number of anilines is 1. The molecule has 0 aromatic heterocycles. The van der Waals surface area contributed by atoms with Crippen LogP contribution >= 0.6 is 0 Å². The normalized spacial score (nSPS) is 10.2. The highest BCUT2D eigenvalue weighted by molar-refractivity contribution is 5.88. The van der Waals surface area contributed by atoms with E-state index in [0.717, 1.165) is 23.2 Å². The first kappa shape index (κ1) is 20.1. The van der Waals surface area contributed by atoms with Gasteiger partial charge in [0.25, 0.3) is 5.91 Å². The van der Waals surface area contributed by atoms with Gasteiger partial charge in [0.15, 0.2) is 6.61 Å². The van der Waals surface area contributed by atoms with E-state index in [1.807, 2.05) is 54.6 Å². The van der Waals surface area contributed by atoms with Crippen molar-refractivity contribution in [3.63, 3.8) is 0 Å². The second kappa shape index (κ2) is 10.1. The van der Waals surface area contributed by atoms with Crippen molar-refractivity contribution < 1.29 is 14.3 Å².